The van der Waals surface area contributed by atoms with Gasteiger partial charge in [-0.3, -0.25) is 4.79 Å². The topological polar surface area (TPSA) is 75.7 Å². The summed E-state index contributed by atoms with van der Waals surface area (Å²) in [7, 11) is -0.677. The highest BCUT2D eigenvalue weighted by molar-refractivity contribution is 7.89. The van der Waals surface area contributed by atoms with E-state index in [9.17, 15) is 13.2 Å². The summed E-state index contributed by atoms with van der Waals surface area (Å²) in [6.07, 6.45) is -0.773. The van der Waals surface area contributed by atoms with E-state index in [-0.39, 0.29) is 4.90 Å². The van der Waals surface area contributed by atoms with Crippen molar-refractivity contribution in [2.24, 2.45) is 0 Å². The Morgan fingerprint density at radius 1 is 1.19 bits per heavy atom. The minimum absolute atomic E-state index is 0.0993. The normalized spacial score (nSPS) is 12.7. The Morgan fingerprint density at radius 2 is 1.88 bits per heavy atom. The first-order valence-corrected chi connectivity index (χ1v) is 9.69. The van der Waals surface area contributed by atoms with E-state index in [0.717, 1.165) is 9.87 Å². The van der Waals surface area contributed by atoms with Crippen LogP contribution in [-0.4, -0.2) is 38.8 Å². The van der Waals surface area contributed by atoms with Crippen molar-refractivity contribution in [1.29, 1.82) is 0 Å². The summed E-state index contributed by atoms with van der Waals surface area (Å²) in [4.78, 5) is 12.4. The Kier molecular flexibility index (Phi) is 6.28. The average molecular weight is 397 g/mol. The Balaban J connectivity index is 2.10. The minimum Gasteiger partial charge on any atom is -0.481 e. The van der Waals surface area contributed by atoms with Crippen LogP contribution in [0.1, 0.15) is 12.5 Å². The van der Waals surface area contributed by atoms with E-state index in [2.05, 4.69) is 5.32 Å². The molecule has 0 aliphatic carbocycles. The molecule has 0 aliphatic heterocycles. The van der Waals surface area contributed by atoms with E-state index in [1.54, 1.807) is 37.3 Å². The highest BCUT2D eigenvalue weighted by Crippen LogP contribution is 2.22. The summed E-state index contributed by atoms with van der Waals surface area (Å²) in [5.41, 5.74) is 1.22. The van der Waals surface area contributed by atoms with E-state index in [1.807, 2.05) is 6.92 Å². The Bertz CT molecular complexity index is 913. The molecule has 0 aliphatic rings. The predicted octanol–water partition coefficient (Wildman–Crippen LogP) is 3.30. The summed E-state index contributed by atoms with van der Waals surface area (Å²) in [5, 5.41) is 3.29. The van der Waals surface area contributed by atoms with Crippen molar-refractivity contribution in [3.8, 4) is 5.75 Å². The molecule has 8 heteroatoms. The smallest absolute Gasteiger partial charge is 0.265 e. The van der Waals surface area contributed by atoms with Crippen molar-refractivity contribution >= 4 is 33.2 Å². The zero-order chi connectivity index (χ0) is 19.5. The van der Waals surface area contributed by atoms with Crippen molar-refractivity contribution in [2.75, 3.05) is 19.4 Å². The fourth-order valence-corrected chi connectivity index (χ4v) is 3.20. The van der Waals surface area contributed by atoms with Gasteiger partial charge in [-0.2, -0.15) is 0 Å². The number of aryl methyl sites for hydroxylation is 1. The average Bonchev–Trinajstić information content (AvgIpc) is 2.58. The van der Waals surface area contributed by atoms with Crippen LogP contribution in [0.3, 0.4) is 0 Å². The van der Waals surface area contributed by atoms with Gasteiger partial charge in [-0.05, 0) is 55.8 Å². The van der Waals surface area contributed by atoms with Gasteiger partial charge in [0.05, 0.1) is 4.90 Å². The first-order chi connectivity index (χ1) is 12.1. The molecule has 0 saturated carbocycles. The summed E-state index contributed by atoms with van der Waals surface area (Å²) < 4.78 is 31.1. The Hall–Kier alpha value is -2.09. The first kappa shape index (κ1) is 20.2. The van der Waals surface area contributed by atoms with Gasteiger partial charge in [-0.15, -0.1) is 0 Å². The molecular formula is C18H21ClN2O4S. The molecule has 0 radical (unpaired) electrons. The maximum Gasteiger partial charge on any atom is 0.265 e. The van der Waals surface area contributed by atoms with Gasteiger partial charge in [-0.25, -0.2) is 12.7 Å². The quantitative estimate of drug-likeness (QED) is 0.812. The Labute approximate surface area is 158 Å². The van der Waals surface area contributed by atoms with Crippen LogP contribution in [0, 0.1) is 6.92 Å². The summed E-state index contributed by atoms with van der Waals surface area (Å²) in [5.74, 6) is 0.135. The van der Waals surface area contributed by atoms with Crippen LogP contribution >= 0.6 is 11.6 Å². The van der Waals surface area contributed by atoms with Crippen LogP contribution < -0.4 is 10.1 Å². The van der Waals surface area contributed by atoms with Gasteiger partial charge in [0.2, 0.25) is 10.0 Å². The summed E-state index contributed by atoms with van der Waals surface area (Å²) in [6, 6.07) is 11.2. The number of nitrogens with one attached hydrogen (secondary N) is 1. The lowest BCUT2D eigenvalue weighted by Gasteiger charge is -2.16. The molecule has 0 aromatic heterocycles. The molecule has 1 atom stereocenters. The molecule has 2 aromatic carbocycles. The van der Waals surface area contributed by atoms with Crippen LogP contribution in [0.4, 0.5) is 5.69 Å². The monoisotopic (exact) mass is 396 g/mol. The van der Waals surface area contributed by atoms with Gasteiger partial charge in [0, 0.05) is 24.8 Å². The molecule has 2 aromatic rings. The number of halogens is 1. The standard InChI is InChI=1S/C18H21ClN2O4S/c1-12-10-15(8-9-17(12)19)25-13(2)18(22)20-14-6-5-7-16(11-14)26(23,24)21(3)4/h5-11,13H,1-4H3,(H,20,22)/t13-/m0/s1. The molecule has 0 heterocycles. The summed E-state index contributed by atoms with van der Waals surface area (Å²) in [6.45, 7) is 3.45. The third-order valence-corrected chi connectivity index (χ3v) is 5.93. The van der Waals surface area contributed by atoms with Crippen molar-refractivity contribution in [3.05, 3.63) is 53.1 Å². The van der Waals surface area contributed by atoms with Crippen molar-refractivity contribution < 1.29 is 17.9 Å². The first-order valence-electron chi connectivity index (χ1n) is 7.87. The lowest BCUT2D eigenvalue weighted by Crippen LogP contribution is -2.30. The number of ether oxygens (including phenoxy) is 1. The molecule has 0 saturated heterocycles. The highest BCUT2D eigenvalue weighted by Gasteiger charge is 2.19. The molecule has 0 fully saturated rings. The van der Waals surface area contributed by atoms with Crippen molar-refractivity contribution in [1.82, 2.24) is 4.31 Å². The van der Waals surface area contributed by atoms with Crippen LogP contribution in [0.15, 0.2) is 47.4 Å². The number of anilines is 1. The van der Waals surface area contributed by atoms with E-state index >= 15 is 0 Å². The van der Waals surface area contributed by atoms with Gasteiger partial charge in [0.15, 0.2) is 6.10 Å². The minimum atomic E-state index is -3.57. The molecule has 1 amide bonds. The van der Waals surface area contributed by atoms with Crippen LogP contribution in [-0.2, 0) is 14.8 Å². The number of benzene rings is 2. The predicted molar refractivity (Wildman–Crippen MR) is 102 cm³/mol. The molecule has 1 N–H and O–H groups in total. The van der Waals surface area contributed by atoms with Crippen molar-refractivity contribution in [2.45, 2.75) is 24.8 Å². The molecule has 6 nitrogen and oxygen atoms in total. The largest absolute Gasteiger partial charge is 0.481 e. The van der Waals surface area contributed by atoms with E-state index < -0.39 is 22.0 Å². The molecule has 140 valence electrons. The van der Waals surface area contributed by atoms with Gasteiger partial charge in [0.1, 0.15) is 5.75 Å². The molecule has 26 heavy (non-hydrogen) atoms. The number of sulfonamides is 1. The van der Waals surface area contributed by atoms with E-state index in [0.29, 0.717) is 16.5 Å². The second kappa shape index (κ2) is 8.07. The summed E-state index contributed by atoms with van der Waals surface area (Å²) >= 11 is 5.97. The van der Waals surface area contributed by atoms with E-state index in [1.165, 1.54) is 26.2 Å². The van der Waals surface area contributed by atoms with Gasteiger partial charge in [-0.1, -0.05) is 17.7 Å². The second-order valence-corrected chi connectivity index (χ2v) is 8.53. The third kappa shape index (κ3) is 4.75. The third-order valence-electron chi connectivity index (χ3n) is 3.69. The number of carbonyl (C=O) groups is 1. The van der Waals surface area contributed by atoms with Crippen LogP contribution in [0.5, 0.6) is 5.75 Å². The second-order valence-electron chi connectivity index (χ2n) is 5.98. The van der Waals surface area contributed by atoms with Crippen molar-refractivity contribution in [3.63, 3.8) is 0 Å². The SMILES string of the molecule is Cc1cc(O[C@@H](C)C(=O)Nc2cccc(S(=O)(=O)N(C)C)c2)ccc1Cl. The van der Waals surface area contributed by atoms with Crippen LogP contribution in [0.25, 0.3) is 0 Å². The molecular weight excluding hydrogens is 376 g/mol. The molecule has 0 spiro atoms. The fourth-order valence-electron chi connectivity index (χ4n) is 2.14. The maximum absolute atomic E-state index is 12.3. The zero-order valence-electron chi connectivity index (χ0n) is 15.0. The molecule has 0 bridgehead atoms. The van der Waals surface area contributed by atoms with E-state index in [4.69, 9.17) is 16.3 Å². The number of hydrogen-bond donors (Lipinski definition) is 1. The van der Waals surface area contributed by atoms with Gasteiger partial charge < -0.3 is 10.1 Å². The van der Waals surface area contributed by atoms with Crippen LogP contribution in [0.2, 0.25) is 5.02 Å². The Morgan fingerprint density at radius 3 is 2.50 bits per heavy atom. The molecule has 2 rings (SSSR count). The van der Waals surface area contributed by atoms with Gasteiger partial charge in [0.25, 0.3) is 5.91 Å². The number of hydrogen-bond acceptors (Lipinski definition) is 4. The lowest BCUT2D eigenvalue weighted by molar-refractivity contribution is -0.122. The lowest BCUT2D eigenvalue weighted by atomic mass is 10.2. The molecule has 0 unspecified atom stereocenters. The highest BCUT2D eigenvalue weighted by atomic mass is 35.5. The van der Waals surface area contributed by atoms with Gasteiger partial charge >= 0.3 is 0 Å². The number of amides is 1. The maximum atomic E-state index is 12.3. The number of rotatable bonds is 6. The zero-order valence-corrected chi connectivity index (χ0v) is 16.6. The fraction of sp³-hybridized carbons (Fsp3) is 0.278. The number of nitrogens with zero attached hydrogens (tertiary/aromatic N) is 1. The number of carbonyl (C=O) groups excluding carboxylic acids is 1.